The number of aryl methyl sites for hydroxylation is 3. The van der Waals surface area contributed by atoms with Crippen molar-refractivity contribution >= 4 is 16.3 Å². The third-order valence-corrected chi connectivity index (χ3v) is 4.67. The van der Waals surface area contributed by atoms with Gasteiger partial charge in [-0.1, -0.05) is 12.1 Å². The van der Waals surface area contributed by atoms with Crippen molar-refractivity contribution in [1.29, 1.82) is 0 Å². The van der Waals surface area contributed by atoms with Gasteiger partial charge in [0.25, 0.3) is 0 Å². The fourth-order valence-corrected chi connectivity index (χ4v) is 3.51. The molecule has 3 aromatic rings. The summed E-state index contributed by atoms with van der Waals surface area (Å²) in [6.07, 6.45) is 0.863. The van der Waals surface area contributed by atoms with E-state index < -0.39 is 0 Å². The number of aromatic nitrogens is 2. The van der Waals surface area contributed by atoms with Crippen molar-refractivity contribution in [2.75, 3.05) is 6.54 Å². The zero-order chi connectivity index (χ0) is 14.3. The molecule has 0 atom stereocenters. The number of rotatable bonds is 3. The number of hydrogen-bond acceptors (Lipinski definition) is 3. The van der Waals surface area contributed by atoms with Gasteiger partial charge in [-0.3, -0.25) is 4.40 Å². The Bertz CT molecular complexity index is 767. The van der Waals surface area contributed by atoms with Gasteiger partial charge in [-0.2, -0.15) is 0 Å². The summed E-state index contributed by atoms with van der Waals surface area (Å²) in [5, 5.41) is 2.19. The molecule has 0 aliphatic carbocycles. The second-order valence-corrected chi connectivity index (χ2v) is 6.06. The van der Waals surface area contributed by atoms with Crippen LogP contribution in [-0.4, -0.2) is 15.9 Å². The van der Waals surface area contributed by atoms with E-state index in [1.54, 1.807) is 11.3 Å². The summed E-state index contributed by atoms with van der Waals surface area (Å²) in [6.45, 7) is 7.01. The summed E-state index contributed by atoms with van der Waals surface area (Å²) < 4.78 is 2.26. The van der Waals surface area contributed by atoms with E-state index in [9.17, 15) is 0 Å². The van der Waals surface area contributed by atoms with Gasteiger partial charge in [0.05, 0.1) is 11.4 Å². The SMILES string of the molecule is Cc1ccc(-c2csc3nc(C)c(CCN)n23)cc1C. The average Bonchev–Trinajstić information content (AvgIpc) is 2.94. The van der Waals surface area contributed by atoms with Crippen molar-refractivity contribution < 1.29 is 0 Å². The largest absolute Gasteiger partial charge is 0.330 e. The molecule has 2 N–H and O–H groups in total. The summed E-state index contributed by atoms with van der Waals surface area (Å²) in [7, 11) is 0. The summed E-state index contributed by atoms with van der Waals surface area (Å²) in [5.41, 5.74) is 13.2. The van der Waals surface area contributed by atoms with Crippen molar-refractivity contribution in [3.63, 3.8) is 0 Å². The summed E-state index contributed by atoms with van der Waals surface area (Å²) in [6, 6.07) is 6.62. The van der Waals surface area contributed by atoms with Gasteiger partial charge in [-0.05, 0) is 50.1 Å². The molecule has 2 heterocycles. The Kier molecular flexibility index (Phi) is 3.36. The predicted molar refractivity (Wildman–Crippen MR) is 85.5 cm³/mol. The maximum Gasteiger partial charge on any atom is 0.194 e. The maximum atomic E-state index is 5.74. The van der Waals surface area contributed by atoms with Crippen LogP contribution in [0.3, 0.4) is 0 Å². The number of benzene rings is 1. The highest BCUT2D eigenvalue weighted by atomic mass is 32.1. The molecular formula is C16H19N3S. The molecule has 3 rings (SSSR count). The molecule has 0 radical (unpaired) electrons. The summed E-state index contributed by atoms with van der Waals surface area (Å²) >= 11 is 1.69. The minimum atomic E-state index is 0.650. The molecule has 0 fully saturated rings. The van der Waals surface area contributed by atoms with Gasteiger partial charge in [-0.25, -0.2) is 4.98 Å². The van der Waals surface area contributed by atoms with E-state index >= 15 is 0 Å². The Morgan fingerprint density at radius 2 is 2.00 bits per heavy atom. The smallest absolute Gasteiger partial charge is 0.194 e. The number of fused-ring (bicyclic) bond motifs is 1. The first-order chi connectivity index (χ1) is 9.61. The van der Waals surface area contributed by atoms with E-state index in [2.05, 4.69) is 53.7 Å². The van der Waals surface area contributed by atoms with E-state index in [-0.39, 0.29) is 0 Å². The molecular weight excluding hydrogens is 266 g/mol. The standard InChI is InChI=1S/C16H19N3S/c1-10-4-5-13(8-11(10)2)15-9-20-16-18-12(3)14(6-7-17)19(15)16/h4-5,8-9H,6-7,17H2,1-3H3. The molecule has 0 bridgehead atoms. The highest BCUT2D eigenvalue weighted by Crippen LogP contribution is 2.30. The van der Waals surface area contributed by atoms with Gasteiger partial charge in [0.15, 0.2) is 4.96 Å². The normalized spacial score (nSPS) is 11.4. The van der Waals surface area contributed by atoms with Gasteiger partial charge in [-0.15, -0.1) is 11.3 Å². The third kappa shape index (κ3) is 2.05. The van der Waals surface area contributed by atoms with Crippen LogP contribution in [0.4, 0.5) is 0 Å². The second-order valence-electron chi connectivity index (χ2n) is 5.22. The molecule has 0 saturated carbocycles. The van der Waals surface area contributed by atoms with Crippen LogP contribution in [0.15, 0.2) is 23.6 Å². The summed E-state index contributed by atoms with van der Waals surface area (Å²) in [4.78, 5) is 5.70. The lowest BCUT2D eigenvalue weighted by atomic mass is 10.0. The van der Waals surface area contributed by atoms with E-state index in [1.165, 1.54) is 28.1 Å². The number of nitrogens with two attached hydrogens (primary N) is 1. The Labute approximate surface area is 123 Å². The Hall–Kier alpha value is -1.65. The molecule has 20 heavy (non-hydrogen) atoms. The van der Waals surface area contributed by atoms with Crippen molar-refractivity contribution in [1.82, 2.24) is 9.38 Å². The van der Waals surface area contributed by atoms with Crippen LogP contribution in [0.5, 0.6) is 0 Å². The third-order valence-electron chi connectivity index (χ3n) is 3.84. The summed E-state index contributed by atoms with van der Waals surface area (Å²) in [5.74, 6) is 0. The van der Waals surface area contributed by atoms with Crippen LogP contribution in [0.25, 0.3) is 16.2 Å². The maximum absolute atomic E-state index is 5.74. The van der Waals surface area contributed by atoms with E-state index in [0.717, 1.165) is 17.1 Å². The minimum absolute atomic E-state index is 0.650. The number of imidazole rings is 1. The topological polar surface area (TPSA) is 43.3 Å². The molecule has 0 aliphatic heterocycles. The number of hydrogen-bond donors (Lipinski definition) is 1. The van der Waals surface area contributed by atoms with Crippen LogP contribution >= 0.6 is 11.3 Å². The molecule has 104 valence electrons. The van der Waals surface area contributed by atoms with Gasteiger partial charge in [0, 0.05) is 17.5 Å². The average molecular weight is 285 g/mol. The first kappa shape index (κ1) is 13.3. The van der Waals surface area contributed by atoms with Gasteiger partial charge in [0.1, 0.15) is 0 Å². The predicted octanol–water partition coefficient (Wildman–Crippen LogP) is 3.49. The molecule has 2 aromatic heterocycles. The van der Waals surface area contributed by atoms with Crippen LogP contribution in [0, 0.1) is 20.8 Å². The Morgan fingerprint density at radius 1 is 1.20 bits per heavy atom. The van der Waals surface area contributed by atoms with Crippen molar-refractivity contribution in [2.24, 2.45) is 5.73 Å². The van der Waals surface area contributed by atoms with E-state index in [0.29, 0.717) is 6.54 Å². The van der Waals surface area contributed by atoms with Crippen LogP contribution < -0.4 is 5.73 Å². The van der Waals surface area contributed by atoms with Crippen LogP contribution in [0.2, 0.25) is 0 Å². The van der Waals surface area contributed by atoms with Gasteiger partial charge < -0.3 is 5.73 Å². The molecule has 4 heteroatoms. The second kappa shape index (κ2) is 5.04. The zero-order valence-electron chi connectivity index (χ0n) is 12.1. The van der Waals surface area contributed by atoms with Crippen molar-refractivity contribution in [2.45, 2.75) is 27.2 Å². The van der Waals surface area contributed by atoms with Crippen LogP contribution in [0.1, 0.15) is 22.5 Å². The van der Waals surface area contributed by atoms with Crippen molar-refractivity contribution in [3.8, 4) is 11.3 Å². The molecule has 0 spiro atoms. The monoisotopic (exact) mass is 285 g/mol. The quantitative estimate of drug-likeness (QED) is 0.800. The number of nitrogens with zero attached hydrogens (tertiary/aromatic N) is 2. The zero-order valence-corrected chi connectivity index (χ0v) is 12.9. The van der Waals surface area contributed by atoms with E-state index in [1.807, 2.05) is 0 Å². The van der Waals surface area contributed by atoms with E-state index in [4.69, 9.17) is 5.73 Å². The first-order valence-corrected chi connectivity index (χ1v) is 7.73. The highest BCUT2D eigenvalue weighted by molar-refractivity contribution is 7.15. The fraction of sp³-hybridized carbons (Fsp3) is 0.312. The van der Waals surface area contributed by atoms with Gasteiger partial charge >= 0.3 is 0 Å². The first-order valence-electron chi connectivity index (χ1n) is 6.85. The lowest BCUT2D eigenvalue weighted by molar-refractivity contribution is 0.899. The molecule has 0 aliphatic rings. The Morgan fingerprint density at radius 3 is 2.70 bits per heavy atom. The highest BCUT2D eigenvalue weighted by Gasteiger charge is 2.14. The molecule has 1 aromatic carbocycles. The molecule has 3 nitrogen and oxygen atoms in total. The fourth-order valence-electron chi connectivity index (χ4n) is 2.55. The van der Waals surface area contributed by atoms with Gasteiger partial charge in [0.2, 0.25) is 0 Å². The lowest BCUT2D eigenvalue weighted by Crippen LogP contribution is -2.06. The van der Waals surface area contributed by atoms with Crippen molar-refractivity contribution in [3.05, 3.63) is 46.1 Å². The number of thiazole rings is 1. The molecule has 0 unspecified atom stereocenters. The minimum Gasteiger partial charge on any atom is -0.330 e. The molecule has 0 saturated heterocycles. The van der Waals surface area contributed by atoms with Crippen LogP contribution in [-0.2, 0) is 6.42 Å². The lowest BCUT2D eigenvalue weighted by Gasteiger charge is -2.07. The molecule has 0 amide bonds. The Balaban J connectivity index is 2.22.